The Morgan fingerprint density at radius 2 is 1.92 bits per heavy atom. The van der Waals surface area contributed by atoms with Crippen molar-refractivity contribution in [3.63, 3.8) is 0 Å². The smallest absolute Gasteiger partial charge is 0.235 e. The molecule has 2 atom stereocenters. The summed E-state index contributed by atoms with van der Waals surface area (Å²) in [4.78, 5) is 15.3. The van der Waals surface area contributed by atoms with Gasteiger partial charge in [-0.2, -0.15) is 5.10 Å². The summed E-state index contributed by atoms with van der Waals surface area (Å²) in [5.41, 5.74) is 7.26. The number of H-pyrrole nitrogens is 1. The fourth-order valence-corrected chi connectivity index (χ4v) is 6.08. The summed E-state index contributed by atoms with van der Waals surface area (Å²) in [5, 5.41) is 11.9. The highest BCUT2D eigenvalue weighted by molar-refractivity contribution is 6.09. The van der Waals surface area contributed by atoms with E-state index in [4.69, 9.17) is 4.74 Å². The SMILES string of the molecule is O=C1Nc2ccccc2C12CC2c1ccc2c(/C=C/c3ccc(CN4CCCOCC4)cc3)n[nH]c2c1. The second-order valence-electron chi connectivity index (χ2n) is 10.5. The molecule has 1 saturated heterocycles. The molecule has 37 heavy (non-hydrogen) atoms. The van der Waals surface area contributed by atoms with Crippen molar-refractivity contribution in [2.24, 2.45) is 0 Å². The lowest BCUT2D eigenvalue weighted by Crippen LogP contribution is -2.25. The number of carbonyl (C=O) groups is 1. The van der Waals surface area contributed by atoms with Crippen molar-refractivity contribution in [2.75, 3.05) is 31.6 Å². The van der Waals surface area contributed by atoms with Crippen molar-refractivity contribution in [2.45, 2.75) is 30.7 Å². The Labute approximate surface area is 216 Å². The molecule has 4 aromatic rings. The van der Waals surface area contributed by atoms with Crippen molar-refractivity contribution in [1.82, 2.24) is 15.1 Å². The van der Waals surface area contributed by atoms with Gasteiger partial charge in [-0.25, -0.2) is 0 Å². The summed E-state index contributed by atoms with van der Waals surface area (Å²) < 4.78 is 5.56. The molecule has 2 aliphatic heterocycles. The van der Waals surface area contributed by atoms with Crippen LogP contribution in [0.1, 0.15) is 46.7 Å². The predicted molar refractivity (Wildman–Crippen MR) is 146 cm³/mol. The van der Waals surface area contributed by atoms with Gasteiger partial charge in [-0.1, -0.05) is 60.7 Å². The van der Waals surface area contributed by atoms with E-state index in [2.05, 4.69) is 81.1 Å². The number of aromatic amines is 1. The van der Waals surface area contributed by atoms with Gasteiger partial charge in [0.15, 0.2) is 0 Å². The minimum atomic E-state index is -0.416. The van der Waals surface area contributed by atoms with Gasteiger partial charge in [-0.05, 0) is 53.3 Å². The Kier molecular flexibility index (Phi) is 5.45. The normalized spacial score (nSPS) is 23.5. The van der Waals surface area contributed by atoms with Crippen LogP contribution in [0.4, 0.5) is 5.69 Å². The van der Waals surface area contributed by atoms with Gasteiger partial charge in [0, 0.05) is 43.2 Å². The summed E-state index contributed by atoms with van der Waals surface area (Å²) in [5.74, 6) is 0.321. The summed E-state index contributed by atoms with van der Waals surface area (Å²) in [7, 11) is 0. The Morgan fingerprint density at radius 3 is 2.84 bits per heavy atom. The fraction of sp³-hybridized carbons (Fsp3) is 0.290. The average Bonchev–Trinajstić information content (AvgIpc) is 3.55. The lowest BCUT2D eigenvalue weighted by molar-refractivity contribution is -0.118. The molecule has 7 rings (SSSR count). The molecule has 1 amide bonds. The van der Waals surface area contributed by atoms with E-state index in [-0.39, 0.29) is 11.8 Å². The Morgan fingerprint density at radius 1 is 1.03 bits per heavy atom. The zero-order chi connectivity index (χ0) is 24.8. The molecule has 6 heteroatoms. The minimum absolute atomic E-state index is 0.124. The third-order valence-electron chi connectivity index (χ3n) is 8.18. The van der Waals surface area contributed by atoms with E-state index >= 15 is 0 Å². The molecule has 1 aliphatic carbocycles. The van der Waals surface area contributed by atoms with Gasteiger partial charge in [0.2, 0.25) is 5.91 Å². The quantitative estimate of drug-likeness (QED) is 0.397. The van der Waals surface area contributed by atoms with Gasteiger partial charge in [-0.3, -0.25) is 14.8 Å². The fourth-order valence-electron chi connectivity index (χ4n) is 6.08. The van der Waals surface area contributed by atoms with Crippen LogP contribution in [0.3, 0.4) is 0 Å². The number of hydrogen-bond donors (Lipinski definition) is 2. The largest absolute Gasteiger partial charge is 0.380 e. The van der Waals surface area contributed by atoms with Gasteiger partial charge in [-0.15, -0.1) is 0 Å². The highest BCUT2D eigenvalue weighted by Crippen LogP contribution is 2.64. The molecule has 1 aromatic heterocycles. The molecule has 2 fully saturated rings. The molecule has 6 nitrogen and oxygen atoms in total. The van der Waals surface area contributed by atoms with Gasteiger partial charge >= 0.3 is 0 Å². The third-order valence-corrected chi connectivity index (χ3v) is 8.18. The maximum absolute atomic E-state index is 12.9. The number of nitrogens with zero attached hydrogens (tertiary/aromatic N) is 2. The van der Waals surface area contributed by atoms with Gasteiger partial charge in [0.05, 0.1) is 23.2 Å². The lowest BCUT2D eigenvalue weighted by Gasteiger charge is -2.19. The van der Waals surface area contributed by atoms with Crippen LogP contribution in [-0.2, 0) is 21.5 Å². The average molecular weight is 491 g/mol. The van der Waals surface area contributed by atoms with Crippen LogP contribution in [-0.4, -0.2) is 47.3 Å². The van der Waals surface area contributed by atoms with Crippen molar-refractivity contribution in [3.8, 4) is 0 Å². The number of carbonyl (C=O) groups excluding carboxylic acids is 1. The molecule has 1 spiro atoms. The number of hydrogen-bond acceptors (Lipinski definition) is 4. The van der Waals surface area contributed by atoms with Crippen LogP contribution in [0.2, 0.25) is 0 Å². The van der Waals surface area contributed by atoms with Gasteiger partial charge in [0.25, 0.3) is 0 Å². The van der Waals surface area contributed by atoms with Crippen molar-refractivity contribution < 1.29 is 9.53 Å². The Bertz CT molecular complexity index is 1500. The molecule has 3 heterocycles. The van der Waals surface area contributed by atoms with Crippen molar-refractivity contribution in [3.05, 3.63) is 94.7 Å². The van der Waals surface area contributed by atoms with E-state index in [9.17, 15) is 4.79 Å². The molecule has 1 saturated carbocycles. The zero-order valence-corrected chi connectivity index (χ0v) is 20.7. The first-order valence-corrected chi connectivity index (χ1v) is 13.2. The highest BCUT2D eigenvalue weighted by atomic mass is 16.5. The maximum Gasteiger partial charge on any atom is 0.235 e. The number of nitrogens with one attached hydrogen (secondary N) is 2. The number of aromatic nitrogens is 2. The summed E-state index contributed by atoms with van der Waals surface area (Å²) in [6.45, 7) is 4.76. The number of anilines is 1. The zero-order valence-electron chi connectivity index (χ0n) is 20.7. The molecule has 0 bridgehead atoms. The predicted octanol–water partition coefficient (Wildman–Crippen LogP) is 5.33. The molecule has 186 valence electrons. The van der Waals surface area contributed by atoms with E-state index in [1.165, 1.54) is 11.1 Å². The molecule has 0 radical (unpaired) electrons. The van der Waals surface area contributed by atoms with Crippen molar-refractivity contribution >= 4 is 34.6 Å². The van der Waals surface area contributed by atoms with Crippen LogP contribution in [0, 0.1) is 0 Å². The van der Waals surface area contributed by atoms with Gasteiger partial charge < -0.3 is 10.1 Å². The monoisotopic (exact) mass is 490 g/mol. The Balaban J connectivity index is 1.06. The first-order valence-electron chi connectivity index (χ1n) is 13.2. The summed E-state index contributed by atoms with van der Waals surface area (Å²) in [6, 6.07) is 23.3. The van der Waals surface area contributed by atoms with Crippen LogP contribution >= 0.6 is 0 Å². The second kappa shape index (κ2) is 8.98. The maximum atomic E-state index is 12.9. The molecule has 2 unspecified atom stereocenters. The van der Waals surface area contributed by atoms with E-state index in [0.29, 0.717) is 0 Å². The molecular formula is C31H30N4O2. The molecule has 2 N–H and O–H groups in total. The van der Waals surface area contributed by atoms with Crippen LogP contribution in [0.25, 0.3) is 23.1 Å². The van der Waals surface area contributed by atoms with E-state index in [1.807, 2.05) is 18.2 Å². The second-order valence-corrected chi connectivity index (χ2v) is 10.5. The number of amides is 1. The first-order chi connectivity index (χ1) is 18.2. The third kappa shape index (κ3) is 3.97. The van der Waals surface area contributed by atoms with Crippen LogP contribution < -0.4 is 5.32 Å². The Hall–Kier alpha value is -3.74. The first kappa shape index (κ1) is 22.5. The molecular weight excluding hydrogens is 460 g/mol. The number of benzene rings is 3. The van der Waals surface area contributed by atoms with Crippen molar-refractivity contribution in [1.29, 1.82) is 0 Å². The number of rotatable bonds is 5. The van der Waals surface area contributed by atoms with E-state index in [0.717, 1.165) is 79.1 Å². The van der Waals surface area contributed by atoms with E-state index in [1.54, 1.807) is 0 Å². The molecule has 3 aliphatic rings. The summed E-state index contributed by atoms with van der Waals surface area (Å²) >= 11 is 0. The van der Waals surface area contributed by atoms with Gasteiger partial charge in [0.1, 0.15) is 0 Å². The summed E-state index contributed by atoms with van der Waals surface area (Å²) in [6.07, 6.45) is 6.14. The number of para-hydroxylation sites is 1. The minimum Gasteiger partial charge on any atom is -0.380 e. The standard InChI is InChI=1S/C31H30N4O2/c36-30-31(25-4-1-2-5-28(25)32-30)19-26(31)23-11-12-24-27(33-34-29(24)18-23)13-10-21-6-8-22(9-7-21)20-35-14-3-16-37-17-15-35/h1-2,4-13,18,26H,3,14-17,19-20H2,(H,32,36)(H,33,34)/b13-10+. The van der Waals surface area contributed by atoms with E-state index < -0.39 is 5.41 Å². The van der Waals surface area contributed by atoms with Crippen LogP contribution in [0.5, 0.6) is 0 Å². The lowest BCUT2D eigenvalue weighted by atomic mass is 9.92. The number of fused-ring (bicyclic) bond motifs is 3. The molecule has 3 aromatic carbocycles. The number of ether oxygens (including phenoxy) is 1. The highest BCUT2D eigenvalue weighted by Gasteiger charge is 2.65. The topological polar surface area (TPSA) is 70.2 Å². The van der Waals surface area contributed by atoms with Crippen LogP contribution in [0.15, 0.2) is 66.7 Å².